The molecule has 1 aromatic heterocycles. The molecule has 2 rings (SSSR count). The first-order chi connectivity index (χ1) is 7.72. The summed E-state index contributed by atoms with van der Waals surface area (Å²) in [5.41, 5.74) is 1.96. The summed E-state index contributed by atoms with van der Waals surface area (Å²) in [6, 6.07) is 7.96. The molecule has 1 heterocycles. The second-order valence-electron chi connectivity index (χ2n) is 3.68. The summed E-state index contributed by atoms with van der Waals surface area (Å²) in [5.74, 6) is -0.262. The third kappa shape index (κ3) is 1.89. The smallest absolute Gasteiger partial charge is 0.311 e. The van der Waals surface area contributed by atoms with E-state index in [1.54, 1.807) is 6.20 Å². The SMILES string of the molecule is COC(=O)Cc1nccc2c(C)cccc12. The van der Waals surface area contributed by atoms with E-state index in [0.29, 0.717) is 0 Å². The average Bonchev–Trinajstić information content (AvgIpc) is 2.30. The van der Waals surface area contributed by atoms with E-state index in [2.05, 4.69) is 9.72 Å². The van der Waals surface area contributed by atoms with Gasteiger partial charge in [0.1, 0.15) is 0 Å². The molecule has 0 spiro atoms. The number of ether oxygens (including phenoxy) is 1. The lowest BCUT2D eigenvalue weighted by Crippen LogP contribution is -2.06. The molecule has 3 heteroatoms. The first-order valence-electron chi connectivity index (χ1n) is 5.12. The maximum absolute atomic E-state index is 11.2. The number of carbonyl (C=O) groups excluding carboxylic acids is 1. The third-order valence-corrected chi connectivity index (χ3v) is 2.65. The molecular weight excluding hydrogens is 202 g/mol. The van der Waals surface area contributed by atoms with Crippen molar-refractivity contribution in [2.45, 2.75) is 13.3 Å². The van der Waals surface area contributed by atoms with Crippen molar-refractivity contribution in [3.8, 4) is 0 Å². The zero-order valence-electron chi connectivity index (χ0n) is 9.36. The Hall–Kier alpha value is -1.90. The fourth-order valence-corrected chi connectivity index (χ4v) is 1.77. The second-order valence-corrected chi connectivity index (χ2v) is 3.68. The van der Waals surface area contributed by atoms with Crippen molar-refractivity contribution >= 4 is 16.7 Å². The molecule has 16 heavy (non-hydrogen) atoms. The van der Waals surface area contributed by atoms with Gasteiger partial charge >= 0.3 is 5.97 Å². The molecule has 82 valence electrons. The molecule has 0 saturated heterocycles. The van der Waals surface area contributed by atoms with Crippen LogP contribution in [0.5, 0.6) is 0 Å². The predicted molar refractivity (Wildman–Crippen MR) is 62.2 cm³/mol. The standard InChI is InChI=1S/C13H13NO2/c1-9-4-3-5-11-10(9)6-7-14-12(11)8-13(15)16-2/h3-7H,8H2,1-2H3. The second kappa shape index (κ2) is 4.31. The Labute approximate surface area is 94.1 Å². The monoisotopic (exact) mass is 215 g/mol. The van der Waals surface area contributed by atoms with Gasteiger partial charge in [0.05, 0.1) is 19.2 Å². The Morgan fingerprint density at radius 1 is 1.31 bits per heavy atom. The molecule has 0 amide bonds. The molecule has 3 nitrogen and oxygen atoms in total. The van der Waals surface area contributed by atoms with Gasteiger partial charge in [0, 0.05) is 11.6 Å². The minimum Gasteiger partial charge on any atom is -0.469 e. The van der Waals surface area contributed by atoms with Crippen LogP contribution in [-0.2, 0) is 16.0 Å². The van der Waals surface area contributed by atoms with Crippen LogP contribution in [0.4, 0.5) is 0 Å². The summed E-state index contributed by atoms with van der Waals surface area (Å²) in [6.07, 6.45) is 1.95. The molecule has 0 atom stereocenters. The van der Waals surface area contributed by atoms with Gasteiger partial charge in [-0.15, -0.1) is 0 Å². The number of methoxy groups -OCH3 is 1. The van der Waals surface area contributed by atoms with Crippen LogP contribution in [0.15, 0.2) is 30.5 Å². The molecule has 0 radical (unpaired) electrons. The first kappa shape index (κ1) is 10.6. The van der Waals surface area contributed by atoms with Crippen molar-refractivity contribution in [1.82, 2.24) is 4.98 Å². The number of esters is 1. The highest BCUT2D eigenvalue weighted by Crippen LogP contribution is 2.20. The topological polar surface area (TPSA) is 39.2 Å². The fourth-order valence-electron chi connectivity index (χ4n) is 1.77. The number of nitrogens with zero attached hydrogens (tertiary/aromatic N) is 1. The van der Waals surface area contributed by atoms with Crippen LogP contribution in [0.2, 0.25) is 0 Å². The molecule has 0 bridgehead atoms. The Kier molecular flexibility index (Phi) is 2.86. The molecule has 0 N–H and O–H groups in total. The van der Waals surface area contributed by atoms with E-state index in [-0.39, 0.29) is 12.4 Å². The number of benzene rings is 1. The summed E-state index contributed by atoms with van der Waals surface area (Å²) in [7, 11) is 1.39. The van der Waals surface area contributed by atoms with Crippen LogP contribution < -0.4 is 0 Å². The highest BCUT2D eigenvalue weighted by Gasteiger charge is 2.08. The first-order valence-corrected chi connectivity index (χ1v) is 5.12. The number of hydrogen-bond acceptors (Lipinski definition) is 3. The van der Waals surface area contributed by atoms with Crippen LogP contribution in [0.1, 0.15) is 11.3 Å². The highest BCUT2D eigenvalue weighted by atomic mass is 16.5. The van der Waals surface area contributed by atoms with Crippen LogP contribution >= 0.6 is 0 Å². The summed E-state index contributed by atoms with van der Waals surface area (Å²) >= 11 is 0. The minimum absolute atomic E-state index is 0.220. The van der Waals surface area contributed by atoms with Crippen molar-refractivity contribution in [2.75, 3.05) is 7.11 Å². The number of aryl methyl sites for hydroxylation is 1. The number of aromatic nitrogens is 1. The molecule has 0 fully saturated rings. The zero-order valence-corrected chi connectivity index (χ0v) is 9.36. The summed E-state index contributed by atoms with van der Waals surface area (Å²) in [5, 5.41) is 2.16. The van der Waals surface area contributed by atoms with Crippen molar-refractivity contribution in [3.63, 3.8) is 0 Å². The van der Waals surface area contributed by atoms with E-state index in [9.17, 15) is 4.79 Å². The molecule has 0 saturated carbocycles. The maximum Gasteiger partial charge on any atom is 0.311 e. The van der Waals surface area contributed by atoms with Gasteiger partial charge in [-0.3, -0.25) is 9.78 Å². The molecular formula is C13H13NO2. The summed E-state index contributed by atoms with van der Waals surface area (Å²) < 4.78 is 4.65. The average molecular weight is 215 g/mol. The number of fused-ring (bicyclic) bond motifs is 1. The van der Waals surface area contributed by atoms with E-state index in [1.165, 1.54) is 12.7 Å². The molecule has 0 aliphatic heterocycles. The number of hydrogen-bond donors (Lipinski definition) is 0. The van der Waals surface area contributed by atoms with Gasteiger partial charge in [-0.2, -0.15) is 0 Å². The molecule has 1 aromatic carbocycles. The summed E-state index contributed by atoms with van der Waals surface area (Å²) in [6.45, 7) is 2.05. The van der Waals surface area contributed by atoms with E-state index < -0.39 is 0 Å². The van der Waals surface area contributed by atoms with Crippen molar-refractivity contribution in [2.24, 2.45) is 0 Å². The largest absolute Gasteiger partial charge is 0.469 e. The van der Waals surface area contributed by atoms with E-state index in [0.717, 1.165) is 16.5 Å². The number of rotatable bonds is 2. The van der Waals surface area contributed by atoms with Gasteiger partial charge in [-0.25, -0.2) is 0 Å². The van der Waals surface area contributed by atoms with Crippen LogP contribution in [0.3, 0.4) is 0 Å². The van der Waals surface area contributed by atoms with Crippen LogP contribution in [0, 0.1) is 6.92 Å². The Morgan fingerprint density at radius 3 is 2.88 bits per heavy atom. The normalized spacial score (nSPS) is 10.4. The molecule has 0 unspecified atom stereocenters. The Balaban J connectivity index is 2.54. The maximum atomic E-state index is 11.2. The van der Waals surface area contributed by atoms with E-state index in [1.807, 2.05) is 31.2 Å². The van der Waals surface area contributed by atoms with Crippen molar-refractivity contribution in [3.05, 3.63) is 41.7 Å². The van der Waals surface area contributed by atoms with Gasteiger partial charge < -0.3 is 4.74 Å². The van der Waals surface area contributed by atoms with E-state index in [4.69, 9.17) is 0 Å². The van der Waals surface area contributed by atoms with Gasteiger partial charge in [0.25, 0.3) is 0 Å². The van der Waals surface area contributed by atoms with E-state index >= 15 is 0 Å². The van der Waals surface area contributed by atoms with Gasteiger partial charge in [0.15, 0.2) is 0 Å². The Morgan fingerprint density at radius 2 is 2.12 bits per heavy atom. The lowest BCUT2D eigenvalue weighted by Gasteiger charge is -2.06. The van der Waals surface area contributed by atoms with Gasteiger partial charge in [0.2, 0.25) is 0 Å². The van der Waals surface area contributed by atoms with Gasteiger partial charge in [-0.05, 0) is 23.9 Å². The third-order valence-electron chi connectivity index (χ3n) is 2.65. The molecule has 2 aromatic rings. The van der Waals surface area contributed by atoms with Crippen molar-refractivity contribution < 1.29 is 9.53 Å². The van der Waals surface area contributed by atoms with Gasteiger partial charge in [-0.1, -0.05) is 18.2 Å². The van der Waals surface area contributed by atoms with Crippen molar-refractivity contribution in [1.29, 1.82) is 0 Å². The Bertz CT molecular complexity index is 534. The van der Waals surface area contributed by atoms with Crippen LogP contribution in [-0.4, -0.2) is 18.1 Å². The fraction of sp³-hybridized carbons (Fsp3) is 0.231. The quantitative estimate of drug-likeness (QED) is 0.721. The number of pyridine rings is 1. The lowest BCUT2D eigenvalue weighted by atomic mass is 10.0. The highest BCUT2D eigenvalue weighted by molar-refractivity contribution is 5.89. The molecule has 0 aliphatic carbocycles. The predicted octanol–water partition coefficient (Wildman–Crippen LogP) is 2.26. The van der Waals surface area contributed by atoms with Crippen LogP contribution in [0.25, 0.3) is 10.8 Å². The summed E-state index contributed by atoms with van der Waals surface area (Å²) in [4.78, 5) is 15.5. The molecule has 0 aliphatic rings. The zero-order chi connectivity index (χ0) is 11.5. The number of carbonyl (C=O) groups is 1. The lowest BCUT2D eigenvalue weighted by molar-refractivity contribution is -0.139. The minimum atomic E-state index is -0.262.